The number of carbonyl (C=O) groups excluding carboxylic acids is 2. The zero-order chi connectivity index (χ0) is 14.6. The Morgan fingerprint density at radius 1 is 1.47 bits per heavy atom. The van der Waals surface area contributed by atoms with Crippen molar-refractivity contribution < 1.29 is 14.3 Å². The van der Waals surface area contributed by atoms with Crippen molar-refractivity contribution >= 4 is 11.8 Å². The minimum atomic E-state index is -0.383. The molecule has 3 heteroatoms. The lowest BCUT2D eigenvalue weighted by atomic mass is 9.73. The first kappa shape index (κ1) is 15.2. The second-order valence-electron chi connectivity index (χ2n) is 5.43. The molecule has 0 spiro atoms. The van der Waals surface area contributed by atoms with Gasteiger partial charge in [0.2, 0.25) is 0 Å². The molecule has 0 unspecified atom stereocenters. The number of ether oxygens (including phenoxy) is 1. The molecule has 0 saturated carbocycles. The van der Waals surface area contributed by atoms with Gasteiger partial charge in [0.15, 0.2) is 5.78 Å². The highest BCUT2D eigenvalue weighted by Crippen LogP contribution is 2.38. The van der Waals surface area contributed by atoms with Crippen molar-refractivity contribution in [1.82, 2.24) is 0 Å². The molecule has 0 heterocycles. The topological polar surface area (TPSA) is 43.4 Å². The molecule has 0 atom stereocenters. The maximum atomic E-state index is 11.6. The molecule has 0 fully saturated rings. The SMILES string of the molecule is COC(=O)/C=C(\C)C=C=C1C(C)=CC(=O)CC1(C)C. The molecule has 0 radical (unpaired) electrons. The van der Waals surface area contributed by atoms with Gasteiger partial charge < -0.3 is 4.74 Å². The summed E-state index contributed by atoms with van der Waals surface area (Å²) in [6, 6.07) is 0. The lowest BCUT2D eigenvalue weighted by Crippen LogP contribution is -2.23. The van der Waals surface area contributed by atoms with E-state index in [1.54, 1.807) is 12.2 Å². The van der Waals surface area contributed by atoms with Gasteiger partial charge in [-0.15, -0.1) is 5.73 Å². The van der Waals surface area contributed by atoms with E-state index in [1.807, 2.05) is 27.7 Å². The molecule has 102 valence electrons. The van der Waals surface area contributed by atoms with Gasteiger partial charge in [-0.3, -0.25) is 4.79 Å². The molecule has 0 saturated heterocycles. The fraction of sp³-hybridized carbons (Fsp3) is 0.438. The minimum Gasteiger partial charge on any atom is -0.466 e. The number of allylic oxidation sites excluding steroid dienone is 4. The molecule has 1 rings (SSSR count). The van der Waals surface area contributed by atoms with Crippen LogP contribution in [0.25, 0.3) is 0 Å². The van der Waals surface area contributed by atoms with Crippen LogP contribution < -0.4 is 0 Å². The van der Waals surface area contributed by atoms with Gasteiger partial charge in [-0.1, -0.05) is 13.8 Å². The van der Waals surface area contributed by atoms with Crippen molar-refractivity contribution in [3.63, 3.8) is 0 Å². The molecule has 0 bridgehead atoms. The van der Waals surface area contributed by atoms with Crippen LogP contribution >= 0.6 is 0 Å². The largest absolute Gasteiger partial charge is 0.466 e. The van der Waals surface area contributed by atoms with E-state index in [1.165, 1.54) is 13.2 Å². The summed E-state index contributed by atoms with van der Waals surface area (Å²) >= 11 is 0. The number of rotatable bonds is 2. The normalized spacial score (nSPS) is 18.6. The molecule has 3 nitrogen and oxygen atoms in total. The number of hydrogen-bond acceptors (Lipinski definition) is 3. The van der Waals surface area contributed by atoms with Gasteiger partial charge in [0.1, 0.15) is 0 Å². The molecular weight excluding hydrogens is 240 g/mol. The summed E-state index contributed by atoms with van der Waals surface area (Å²) in [7, 11) is 1.34. The van der Waals surface area contributed by atoms with Crippen LogP contribution in [0.2, 0.25) is 0 Å². The number of hydrogen-bond donors (Lipinski definition) is 0. The first-order valence-corrected chi connectivity index (χ1v) is 6.21. The third-order valence-electron chi connectivity index (χ3n) is 3.06. The Bertz CT molecular complexity index is 524. The van der Waals surface area contributed by atoms with Crippen molar-refractivity contribution in [1.29, 1.82) is 0 Å². The lowest BCUT2D eigenvalue weighted by molar-refractivity contribution is -0.134. The smallest absolute Gasteiger partial charge is 0.330 e. The molecule has 0 aromatic rings. The molecular formula is C16H20O3. The Balaban J connectivity index is 3.16. The van der Waals surface area contributed by atoms with Crippen molar-refractivity contribution in [3.05, 3.63) is 40.7 Å². The number of ketones is 1. The van der Waals surface area contributed by atoms with Crippen LogP contribution in [0.3, 0.4) is 0 Å². The first-order valence-electron chi connectivity index (χ1n) is 6.21. The van der Waals surface area contributed by atoms with Gasteiger partial charge in [-0.2, -0.15) is 0 Å². The Labute approximate surface area is 114 Å². The van der Waals surface area contributed by atoms with E-state index in [0.717, 1.165) is 16.7 Å². The Kier molecular flexibility index (Phi) is 4.68. The Morgan fingerprint density at radius 3 is 2.63 bits per heavy atom. The predicted molar refractivity (Wildman–Crippen MR) is 74.5 cm³/mol. The van der Waals surface area contributed by atoms with Crippen LogP contribution in [0.1, 0.15) is 34.1 Å². The van der Waals surface area contributed by atoms with E-state index in [9.17, 15) is 9.59 Å². The molecule has 1 aliphatic carbocycles. The second-order valence-corrected chi connectivity index (χ2v) is 5.43. The standard InChI is InChI=1S/C16H20O3/c1-11(8-15(18)19-5)6-7-14-12(2)9-13(17)10-16(14,3)4/h6,8-9H,10H2,1-5H3/b11-8+. The van der Waals surface area contributed by atoms with Crippen LogP contribution in [0.4, 0.5) is 0 Å². The number of esters is 1. The van der Waals surface area contributed by atoms with Crippen LogP contribution in [-0.4, -0.2) is 18.9 Å². The monoisotopic (exact) mass is 260 g/mol. The number of carbonyl (C=O) groups is 2. The first-order chi connectivity index (χ1) is 8.76. The third-order valence-corrected chi connectivity index (χ3v) is 3.06. The van der Waals surface area contributed by atoms with E-state index >= 15 is 0 Å². The zero-order valence-corrected chi connectivity index (χ0v) is 12.2. The highest BCUT2D eigenvalue weighted by Gasteiger charge is 2.30. The fourth-order valence-electron chi connectivity index (χ4n) is 2.20. The Morgan fingerprint density at radius 2 is 2.11 bits per heavy atom. The molecule has 19 heavy (non-hydrogen) atoms. The van der Waals surface area contributed by atoms with Gasteiger partial charge in [-0.25, -0.2) is 4.79 Å². The third kappa shape index (κ3) is 4.08. The average Bonchev–Trinajstić information content (AvgIpc) is 2.25. The molecule has 1 aliphatic rings. The van der Waals surface area contributed by atoms with Gasteiger partial charge in [0, 0.05) is 23.5 Å². The van der Waals surface area contributed by atoms with Crippen LogP contribution in [-0.2, 0) is 14.3 Å². The van der Waals surface area contributed by atoms with Crippen molar-refractivity contribution in [2.24, 2.45) is 5.41 Å². The van der Waals surface area contributed by atoms with Crippen molar-refractivity contribution in [3.8, 4) is 0 Å². The number of methoxy groups -OCH3 is 1. The fourth-order valence-corrected chi connectivity index (χ4v) is 2.20. The quantitative estimate of drug-likeness (QED) is 0.331. The Hall–Kier alpha value is -1.86. The summed E-state index contributed by atoms with van der Waals surface area (Å²) in [6.45, 7) is 7.77. The maximum Gasteiger partial charge on any atom is 0.330 e. The highest BCUT2D eigenvalue weighted by atomic mass is 16.5. The predicted octanol–water partition coefficient (Wildman–Crippen LogP) is 3.13. The van der Waals surface area contributed by atoms with E-state index < -0.39 is 0 Å². The molecule has 0 aromatic heterocycles. The average molecular weight is 260 g/mol. The molecule has 0 N–H and O–H groups in total. The highest BCUT2D eigenvalue weighted by molar-refractivity contribution is 5.93. The van der Waals surface area contributed by atoms with E-state index in [0.29, 0.717) is 6.42 Å². The molecule has 0 aromatic carbocycles. The summed E-state index contributed by atoms with van der Waals surface area (Å²) in [4.78, 5) is 22.7. The van der Waals surface area contributed by atoms with Crippen LogP contribution in [0.15, 0.2) is 40.7 Å². The summed E-state index contributed by atoms with van der Waals surface area (Å²) in [6.07, 6.45) is 5.30. The summed E-state index contributed by atoms with van der Waals surface area (Å²) in [5.74, 6) is -0.235. The van der Waals surface area contributed by atoms with E-state index in [2.05, 4.69) is 10.5 Å². The van der Waals surface area contributed by atoms with Crippen molar-refractivity contribution in [2.75, 3.05) is 7.11 Å². The molecule has 0 amide bonds. The molecule has 0 aliphatic heterocycles. The summed E-state index contributed by atoms with van der Waals surface area (Å²) < 4.78 is 4.56. The van der Waals surface area contributed by atoms with Gasteiger partial charge in [0.25, 0.3) is 0 Å². The second kappa shape index (κ2) is 5.85. The lowest BCUT2D eigenvalue weighted by Gasteiger charge is -2.29. The summed E-state index contributed by atoms with van der Waals surface area (Å²) in [5, 5.41) is 0. The maximum absolute atomic E-state index is 11.6. The zero-order valence-electron chi connectivity index (χ0n) is 12.2. The van der Waals surface area contributed by atoms with Gasteiger partial charge >= 0.3 is 5.97 Å². The van der Waals surface area contributed by atoms with E-state index in [-0.39, 0.29) is 17.2 Å². The minimum absolute atomic E-state index is 0.148. The van der Waals surface area contributed by atoms with Crippen LogP contribution in [0, 0.1) is 5.41 Å². The van der Waals surface area contributed by atoms with Crippen LogP contribution in [0.5, 0.6) is 0 Å². The van der Waals surface area contributed by atoms with E-state index in [4.69, 9.17) is 0 Å². The summed E-state index contributed by atoms with van der Waals surface area (Å²) in [5.41, 5.74) is 5.68. The van der Waals surface area contributed by atoms with Gasteiger partial charge in [0.05, 0.1) is 7.11 Å². The van der Waals surface area contributed by atoms with Gasteiger partial charge in [-0.05, 0) is 37.1 Å². The van der Waals surface area contributed by atoms with Crippen molar-refractivity contribution in [2.45, 2.75) is 34.1 Å².